The van der Waals surface area contributed by atoms with Crippen molar-refractivity contribution in [1.29, 1.82) is 0 Å². The Bertz CT molecular complexity index is 1300. The van der Waals surface area contributed by atoms with Crippen LogP contribution in [0.1, 0.15) is 271 Å². The molecule has 2 unspecified atom stereocenters. The van der Waals surface area contributed by atoms with Crippen LogP contribution < -0.4 is 0 Å². The first-order valence-electron chi connectivity index (χ1n) is 28.2. The van der Waals surface area contributed by atoms with E-state index in [0.717, 1.165) is 32.1 Å². The van der Waals surface area contributed by atoms with Crippen LogP contribution in [0.4, 0.5) is 0 Å². The van der Waals surface area contributed by atoms with Gasteiger partial charge in [0.25, 0.3) is 10.1 Å². The number of rotatable bonds is 49. The van der Waals surface area contributed by atoms with E-state index in [2.05, 4.69) is 26.0 Å². The fourth-order valence-electron chi connectivity index (χ4n) is 8.98. The molecule has 1 rings (SSSR count). The molecule has 0 aromatic rings. The topological polar surface area (TPSA) is 186 Å². The molecule has 1 aliphatic rings. The van der Waals surface area contributed by atoms with Gasteiger partial charge in [0.15, 0.2) is 12.4 Å². The van der Waals surface area contributed by atoms with Crippen molar-refractivity contribution in [2.75, 3.05) is 19.0 Å². The second kappa shape index (κ2) is 45.3. The first-order valence-corrected chi connectivity index (χ1v) is 29.9. The van der Waals surface area contributed by atoms with Crippen molar-refractivity contribution in [3.8, 4) is 0 Å². The van der Waals surface area contributed by atoms with Gasteiger partial charge >= 0.3 is 11.9 Å². The highest BCUT2D eigenvalue weighted by Gasteiger charge is 2.46. The molecule has 68 heavy (non-hydrogen) atoms. The van der Waals surface area contributed by atoms with E-state index in [-0.39, 0.29) is 19.4 Å². The van der Waals surface area contributed by atoms with Gasteiger partial charge in [-0.15, -0.1) is 0 Å². The summed E-state index contributed by atoms with van der Waals surface area (Å²) >= 11 is 0. The molecule has 1 saturated heterocycles. The van der Waals surface area contributed by atoms with Gasteiger partial charge in [-0.2, -0.15) is 8.42 Å². The molecular weight excluding hydrogens is 885 g/mol. The number of aliphatic hydroxyl groups is 3. The highest BCUT2D eigenvalue weighted by atomic mass is 32.2. The van der Waals surface area contributed by atoms with Crippen LogP contribution in [0.15, 0.2) is 12.2 Å². The van der Waals surface area contributed by atoms with E-state index < -0.39 is 71.2 Å². The van der Waals surface area contributed by atoms with Crippen molar-refractivity contribution in [2.45, 2.75) is 307 Å². The molecule has 13 heteroatoms. The Labute approximate surface area is 416 Å². The average molecular weight is 989 g/mol. The first kappa shape index (κ1) is 64.4. The minimum Gasteiger partial charge on any atom is -0.462 e. The Kier molecular flexibility index (Phi) is 42.9. The average Bonchev–Trinajstić information content (AvgIpc) is 3.31. The van der Waals surface area contributed by atoms with E-state index in [0.29, 0.717) is 19.3 Å². The molecule has 1 aliphatic heterocycles. The molecule has 6 atom stereocenters. The second-order valence-electron chi connectivity index (χ2n) is 20.0. The van der Waals surface area contributed by atoms with Crippen LogP contribution >= 0.6 is 0 Å². The molecule has 0 saturated carbocycles. The second-order valence-corrected chi connectivity index (χ2v) is 21.5. The molecule has 12 nitrogen and oxygen atoms in total. The number of hydrogen-bond donors (Lipinski definition) is 4. The number of carbonyl (C=O) groups excluding carboxylic acids is 2. The minimum atomic E-state index is -4.61. The molecule has 1 fully saturated rings. The molecule has 402 valence electrons. The number of ether oxygens (including phenoxy) is 4. The molecule has 4 N–H and O–H groups in total. The van der Waals surface area contributed by atoms with Crippen molar-refractivity contribution < 1.29 is 56.8 Å². The summed E-state index contributed by atoms with van der Waals surface area (Å²) in [5, 5.41) is 31.0. The van der Waals surface area contributed by atoms with E-state index in [9.17, 15) is 37.9 Å². The summed E-state index contributed by atoms with van der Waals surface area (Å²) < 4.78 is 54.3. The Morgan fingerprint density at radius 1 is 0.485 bits per heavy atom. The van der Waals surface area contributed by atoms with E-state index in [1.54, 1.807) is 0 Å². The number of aliphatic hydroxyl groups excluding tert-OH is 3. The molecule has 0 spiro atoms. The highest BCUT2D eigenvalue weighted by Crippen LogP contribution is 2.24. The lowest BCUT2D eigenvalue weighted by atomic mass is 10.00. The molecule has 0 amide bonds. The van der Waals surface area contributed by atoms with Crippen LogP contribution in [-0.2, 0) is 38.7 Å². The van der Waals surface area contributed by atoms with Gasteiger partial charge in [-0.3, -0.25) is 14.1 Å². The Morgan fingerprint density at radius 2 is 0.853 bits per heavy atom. The van der Waals surface area contributed by atoms with Crippen molar-refractivity contribution in [3.63, 3.8) is 0 Å². The maximum Gasteiger partial charge on any atom is 0.306 e. The first-order chi connectivity index (χ1) is 33.0. The molecule has 0 aromatic carbocycles. The van der Waals surface area contributed by atoms with Gasteiger partial charge in [-0.25, -0.2) is 0 Å². The number of unbranched alkanes of at least 4 members (excludes halogenated alkanes) is 35. The van der Waals surface area contributed by atoms with Crippen LogP contribution in [-0.4, -0.2) is 96.0 Å². The van der Waals surface area contributed by atoms with Gasteiger partial charge in [-0.1, -0.05) is 238 Å². The lowest BCUT2D eigenvalue weighted by molar-refractivity contribution is -0.297. The zero-order chi connectivity index (χ0) is 49.8. The Balaban J connectivity index is 2.32. The number of hydrogen-bond acceptors (Lipinski definition) is 11. The maximum atomic E-state index is 12.9. The summed E-state index contributed by atoms with van der Waals surface area (Å²) in [4.78, 5) is 25.6. The largest absolute Gasteiger partial charge is 0.462 e. The van der Waals surface area contributed by atoms with E-state index in [4.69, 9.17) is 18.9 Å². The predicted molar refractivity (Wildman–Crippen MR) is 275 cm³/mol. The summed E-state index contributed by atoms with van der Waals surface area (Å²) in [5.41, 5.74) is 0. The molecule has 1 heterocycles. The van der Waals surface area contributed by atoms with Crippen molar-refractivity contribution >= 4 is 22.1 Å². The van der Waals surface area contributed by atoms with E-state index in [1.807, 2.05) is 0 Å². The van der Waals surface area contributed by atoms with Crippen molar-refractivity contribution in [1.82, 2.24) is 0 Å². The van der Waals surface area contributed by atoms with Gasteiger partial charge in [0.2, 0.25) is 0 Å². The fourth-order valence-corrected chi connectivity index (χ4v) is 9.67. The molecular formula is C55H104O12S. The Morgan fingerprint density at radius 3 is 1.26 bits per heavy atom. The third-order valence-electron chi connectivity index (χ3n) is 13.3. The summed E-state index contributed by atoms with van der Waals surface area (Å²) in [5.74, 6) is -2.00. The maximum absolute atomic E-state index is 12.9. The molecule has 0 bridgehead atoms. The van der Waals surface area contributed by atoms with Crippen LogP contribution in [0.5, 0.6) is 0 Å². The molecule has 0 radical (unpaired) electrons. The third-order valence-corrected chi connectivity index (χ3v) is 14.1. The summed E-state index contributed by atoms with van der Waals surface area (Å²) in [7, 11) is -4.61. The third kappa shape index (κ3) is 39.1. The monoisotopic (exact) mass is 989 g/mol. The number of carbonyl (C=O) groups is 2. The smallest absolute Gasteiger partial charge is 0.306 e. The lowest BCUT2D eigenvalue weighted by Gasteiger charge is -2.40. The standard InChI is InChI=1S/C55H104O12S/c1-3-5-7-9-11-13-15-17-19-21-22-23-24-25-26-28-30-32-34-36-38-40-42-44-51(57)66-48(46-65-55-54(60)53(59)52(58)49(67-55)47-68(61,62)63)45-64-50(56)43-41-39-37-35-33-31-29-27-20-18-16-14-12-10-8-6-4-2/h36,38,48-49,52-55,58-60H,3-35,37,39-47H2,1-2H3,(H,61,62,63)/b38-36+/t48-,49-,52-,53?,54?,55+/m1/s1. The number of esters is 2. The lowest BCUT2D eigenvalue weighted by Crippen LogP contribution is -2.60. The van der Waals surface area contributed by atoms with Crippen LogP contribution in [0, 0.1) is 0 Å². The summed E-state index contributed by atoms with van der Waals surface area (Å²) in [6.45, 7) is 3.80. The summed E-state index contributed by atoms with van der Waals surface area (Å²) in [6, 6.07) is 0. The van der Waals surface area contributed by atoms with Crippen LogP contribution in [0.2, 0.25) is 0 Å². The zero-order valence-electron chi connectivity index (χ0n) is 43.5. The SMILES string of the molecule is CCCCCCCCCCCCCCCCCCCC/C=C/CCCC(=O)O[C@H](COC(=O)CCCCCCCCCCCCCCCCCCC)CO[C@H]1O[C@H](CS(=O)(=O)O)[C@@H](O)C(O)C1O. The fraction of sp³-hybridized carbons (Fsp3) is 0.927. The van der Waals surface area contributed by atoms with Gasteiger partial charge < -0.3 is 34.3 Å². The van der Waals surface area contributed by atoms with Gasteiger partial charge in [-0.05, 0) is 32.1 Å². The van der Waals surface area contributed by atoms with E-state index in [1.165, 1.54) is 193 Å². The minimum absolute atomic E-state index is 0.122. The Hall–Kier alpha value is -1.61. The highest BCUT2D eigenvalue weighted by molar-refractivity contribution is 7.85. The normalized spacial score (nSPS) is 19.2. The van der Waals surface area contributed by atoms with Crippen molar-refractivity contribution in [3.05, 3.63) is 12.2 Å². The number of allylic oxidation sites excluding steroid dienone is 2. The molecule has 0 aliphatic carbocycles. The van der Waals surface area contributed by atoms with Gasteiger partial charge in [0, 0.05) is 12.8 Å². The predicted octanol–water partition coefficient (Wildman–Crippen LogP) is 13.4. The van der Waals surface area contributed by atoms with Crippen molar-refractivity contribution in [2.24, 2.45) is 0 Å². The van der Waals surface area contributed by atoms with Gasteiger partial charge in [0.05, 0.1) is 6.61 Å². The van der Waals surface area contributed by atoms with E-state index >= 15 is 0 Å². The van der Waals surface area contributed by atoms with Gasteiger partial charge in [0.1, 0.15) is 36.8 Å². The van der Waals surface area contributed by atoms with Crippen LogP contribution in [0.3, 0.4) is 0 Å². The molecule has 0 aromatic heterocycles. The quantitative estimate of drug-likeness (QED) is 0.0196. The zero-order valence-corrected chi connectivity index (χ0v) is 44.3. The van der Waals surface area contributed by atoms with Crippen LogP contribution in [0.25, 0.3) is 0 Å². The summed E-state index contributed by atoms with van der Waals surface area (Å²) in [6.07, 6.45) is 42.7.